The quantitative estimate of drug-likeness (QED) is 0.149. The number of fused-ring (bicyclic) bond motifs is 3. The number of Topliss-reactive ketones (excluding diaryl/α,β-unsaturated/α-hetero) is 1. The van der Waals surface area contributed by atoms with Crippen LogP contribution in [0.25, 0.3) is 10.9 Å². The van der Waals surface area contributed by atoms with Crippen molar-refractivity contribution in [2.45, 2.75) is 37.0 Å². The molecule has 0 spiro atoms. The topological polar surface area (TPSA) is 126 Å². The van der Waals surface area contributed by atoms with Crippen LogP contribution in [-0.4, -0.2) is 35.7 Å². The molecule has 38 heavy (non-hydrogen) atoms. The van der Waals surface area contributed by atoms with Gasteiger partial charge >= 0.3 is 5.97 Å². The van der Waals surface area contributed by atoms with E-state index in [-0.39, 0.29) is 47.8 Å². The van der Waals surface area contributed by atoms with Gasteiger partial charge in [0.15, 0.2) is 0 Å². The minimum Gasteiger partial charge on any atom is -0.461 e. The first-order valence-corrected chi connectivity index (χ1v) is 13.5. The maximum Gasteiger partial charge on any atom is 0.338 e. The van der Waals surface area contributed by atoms with Crippen LogP contribution in [-0.2, 0) is 26.0 Å². The molecule has 0 amide bonds. The van der Waals surface area contributed by atoms with E-state index in [2.05, 4.69) is 0 Å². The molecular formula is C28H24N2O7S. The first-order chi connectivity index (χ1) is 18.2. The van der Waals surface area contributed by atoms with Crippen molar-refractivity contribution in [3.8, 4) is 0 Å². The van der Waals surface area contributed by atoms with Gasteiger partial charge in [-0.2, -0.15) is 0 Å². The molecule has 4 aromatic rings. The standard InChI is InChI=1S/C28H24N2O7S/c1-18-6-13-23(14-7-18)38(35,36)29-25-5-3-2-4-24(25)27-20(16-22(31)12-15-26(27)29)17-37-28(32)19-8-10-21(11-9-19)30(33)34/h2-11,13-14,20H,12,15-17H2,1H3/t20-/m1/s1. The van der Waals surface area contributed by atoms with Crippen LogP contribution in [0.1, 0.15) is 45.9 Å². The highest BCUT2D eigenvalue weighted by Crippen LogP contribution is 2.39. The second-order valence-corrected chi connectivity index (χ2v) is 11.1. The molecule has 3 aromatic carbocycles. The Kier molecular flexibility index (Phi) is 6.58. The van der Waals surface area contributed by atoms with Crippen LogP contribution in [0, 0.1) is 17.0 Å². The van der Waals surface area contributed by atoms with Crippen LogP contribution < -0.4 is 0 Å². The molecule has 0 unspecified atom stereocenters. The van der Waals surface area contributed by atoms with Crippen LogP contribution in [0.5, 0.6) is 0 Å². The molecule has 1 atom stereocenters. The molecule has 0 saturated heterocycles. The Balaban J connectivity index is 1.55. The molecule has 1 aliphatic carbocycles. The van der Waals surface area contributed by atoms with Gasteiger partial charge in [0.2, 0.25) is 0 Å². The summed E-state index contributed by atoms with van der Waals surface area (Å²) < 4.78 is 34.6. The summed E-state index contributed by atoms with van der Waals surface area (Å²) in [6.07, 6.45) is 0.499. The Morgan fingerprint density at radius 3 is 2.39 bits per heavy atom. The number of nitro benzene ring substituents is 1. The van der Waals surface area contributed by atoms with Gasteiger partial charge in [0.1, 0.15) is 5.78 Å². The van der Waals surface area contributed by atoms with Gasteiger partial charge in [-0.15, -0.1) is 0 Å². The number of nitrogens with zero attached hydrogens (tertiary/aromatic N) is 2. The number of ether oxygens (including phenoxy) is 1. The average Bonchev–Trinajstić information content (AvgIpc) is 3.15. The van der Waals surface area contributed by atoms with E-state index in [1.165, 1.54) is 28.2 Å². The van der Waals surface area contributed by atoms with Gasteiger partial charge < -0.3 is 4.74 Å². The number of carbonyl (C=O) groups excluding carboxylic acids is 2. The van der Waals surface area contributed by atoms with Crippen LogP contribution in [0.2, 0.25) is 0 Å². The summed E-state index contributed by atoms with van der Waals surface area (Å²) in [5.41, 5.74) is 2.61. The number of hydrogen-bond donors (Lipinski definition) is 0. The Labute approximate surface area is 218 Å². The molecule has 1 aromatic heterocycles. The highest BCUT2D eigenvalue weighted by Gasteiger charge is 2.34. The number of para-hydroxylation sites is 1. The van der Waals surface area contributed by atoms with Gasteiger partial charge in [-0.1, -0.05) is 35.9 Å². The van der Waals surface area contributed by atoms with Crippen molar-refractivity contribution < 1.29 is 27.7 Å². The predicted molar refractivity (Wildman–Crippen MR) is 140 cm³/mol. The Bertz CT molecular complexity index is 1670. The summed E-state index contributed by atoms with van der Waals surface area (Å²) in [6.45, 7) is 1.73. The van der Waals surface area contributed by atoms with Gasteiger partial charge in [-0.05, 0) is 49.2 Å². The molecule has 0 N–H and O–H groups in total. The van der Waals surface area contributed by atoms with Crippen LogP contribution in [0.15, 0.2) is 77.7 Å². The second-order valence-electron chi connectivity index (χ2n) is 9.30. The monoisotopic (exact) mass is 532 g/mol. The lowest BCUT2D eigenvalue weighted by Crippen LogP contribution is -2.17. The number of non-ortho nitro benzene ring substituents is 1. The molecule has 10 heteroatoms. The summed E-state index contributed by atoms with van der Waals surface area (Å²) in [5, 5.41) is 11.6. The zero-order chi connectivity index (χ0) is 27.0. The predicted octanol–water partition coefficient (Wildman–Crippen LogP) is 4.94. The molecular weight excluding hydrogens is 508 g/mol. The van der Waals surface area contributed by atoms with E-state index in [0.717, 1.165) is 5.56 Å². The fourth-order valence-electron chi connectivity index (χ4n) is 4.93. The van der Waals surface area contributed by atoms with Gasteiger partial charge in [0, 0.05) is 42.0 Å². The zero-order valence-corrected chi connectivity index (χ0v) is 21.3. The number of carbonyl (C=O) groups is 2. The number of ketones is 1. The Hall–Kier alpha value is -4.31. The summed E-state index contributed by atoms with van der Waals surface area (Å²) in [5.74, 6) is -1.29. The molecule has 0 bridgehead atoms. The number of benzene rings is 3. The van der Waals surface area contributed by atoms with Crippen LogP contribution in [0.4, 0.5) is 5.69 Å². The number of esters is 1. The Morgan fingerprint density at radius 1 is 1.03 bits per heavy atom. The first kappa shape index (κ1) is 25.3. The molecule has 0 aliphatic heterocycles. The van der Waals surface area contributed by atoms with E-state index in [1.807, 2.05) is 13.0 Å². The molecule has 0 saturated carbocycles. The maximum absolute atomic E-state index is 13.9. The molecule has 0 fully saturated rings. The molecule has 194 valence electrons. The number of aromatic nitrogens is 1. The summed E-state index contributed by atoms with van der Waals surface area (Å²) >= 11 is 0. The van der Waals surface area contributed by atoms with E-state index < -0.39 is 26.8 Å². The summed E-state index contributed by atoms with van der Waals surface area (Å²) in [6, 6.07) is 18.8. The van der Waals surface area contributed by atoms with E-state index in [9.17, 15) is 28.1 Å². The lowest BCUT2D eigenvalue weighted by molar-refractivity contribution is -0.384. The molecule has 5 rings (SSSR count). The minimum atomic E-state index is -3.98. The summed E-state index contributed by atoms with van der Waals surface area (Å²) in [4.78, 5) is 35.9. The number of aryl methyl sites for hydroxylation is 1. The van der Waals surface area contributed by atoms with E-state index in [4.69, 9.17) is 4.74 Å². The van der Waals surface area contributed by atoms with E-state index >= 15 is 0 Å². The van der Waals surface area contributed by atoms with Gasteiger partial charge in [0.25, 0.3) is 15.7 Å². The third kappa shape index (κ3) is 4.58. The van der Waals surface area contributed by atoms with Crippen molar-refractivity contribution in [2.75, 3.05) is 6.61 Å². The lowest BCUT2D eigenvalue weighted by Gasteiger charge is -2.16. The average molecular weight is 533 g/mol. The van der Waals surface area contributed by atoms with Crippen molar-refractivity contribution in [1.82, 2.24) is 3.97 Å². The SMILES string of the molecule is Cc1ccc(S(=O)(=O)n2c3c(c4ccccc42)[C@@H](COC(=O)c2ccc([N+](=O)[O-])cc2)CC(=O)CC3)cc1. The van der Waals surface area contributed by atoms with Crippen molar-refractivity contribution in [2.24, 2.45) is 0 Å². The number of rotatable bonds is 6. The van der Waals surface area contributed by atoms with E-state index in [0.29, 0.717) is 22.2 Å². The molecule has 9 nitrogen and oxygen atoms in total. The van der Waals surface area contributed by atoms with Crippen molar-refractivity contribution in [3.05, 3.63) is 105 Å². The highest BCUT2D eigenvalue weighted by atomic mass is 32.2. The van der Waals surface area contributed by atoms with Crippen LogP contribution in [0.3, 0.4) is 0 Å². The minimum absolute atomic E-state index is 0.0547. The zero-order valence-electron chi connectivity index (χ0n) is 20.5. The smallest absolute Gasteiger partial charge is 0.338 e. The maximum atomic E-state index is 13.9. The fourth-order valence-corrected chi connectivity index (χ4v) is 6.52. The summed E-state index contributed by atoms with van der Waals surface area (Å²) in [7, 11) is -3.98. The third-order valence-corrected chi connectivity index (χ3v) is 8.55. The number of hydrogen-bond acceptors (Lipinski definition) is 7. The number of nitro groups is 1. The first-order valence-electron chi connectivity index (χ1n) is 12.0. The van der Waals surface area contributed by atoms with Gasteiger partial charge in [-0.25, -0.2) is 17.2 Å². The van der Waals surface area contributed by atoms with Crippen molar-refractivity contribution in [1.29, 1.82) is 0 Å². The van der Waals surface area contributed by atoms with Crippen molar-refractivity contribution >= 4 is 38.4 Å². The third-order valence-electron chi connectivity index (χ3n) is 6.78. The van der Waals surface area contributed by atoms with Gasteiger partial charge in [0.05, 0.1) is 27.5 Å². The second kappa shape index (κ2) is 9.86. The molecule has 0 radical (unpaired) electrons. The molecule has 1 aliphatic rings. The van der Waals surface area contributed by atoms with Crippen molar-refractivity contribution in [3.63, 3.8) is 0 Å². The molecule has 1 heterocycles. The fraction of sp³-hybridized carbons (Fsp3) is 0.214. The normalized spacial score (nSPS) is 15.6. The Morgan fingerprint density at radius 2 is 1.71 bits per heavy atom. The highest BCUT2D eigenvalue weighted by molar-refractivity contribution is 7.90. The lowest BCUT2D eigenvalue weighted by atomic mass is 9.94. The van der Waals surface area contributed by atoms with E-state index in [1.54, 1.807) is 42.5 Å². The van der Waals surface area contributed by atoms with Gasteiger partial charge in [-0.3, -0.25) is 14.9 Å². The van der Waals surface area contributed by atoms with Crippen LogP contribution >= 0.6 is 0 Å². The largest absolute Gasteiger partial charge is 0.461 e.